The van der Waals surface area contributed by atoms with Crippen LogP contribution in [0.25, 0.3) is 0 Å². The number of hydrogen-bond acceptors (Lipinski definition) is 3. The number of hydrogen-bond donors (Lipinski definition) is 0. The summed E-state index contributed by atoms with van der Waals surface area (Å²) < 4.78 is 8.52. The molecule has 0 rings (SSSR count). The van der Waals surface area contributed by atoms with Crippen LogP contribution in [0.3, 0.4) is 0 Å². The van der Waals surface area contributed by atoms with Crippen LogP contribution in [0.1, 0.15) is 0 Å². The van der Waals surface area contributed by atoms with Gasteiger partial charge in [-0.25, -0.2) is 0 Å². The largest absolute Gasteiger partial charge is 3.00 e. The van der Waals surface area contributed by atoms with Crippen molar-refractivity contribution in [2.75, 3.05) is 0 Å². The average molecular weight is 166 g/mol. The Labute approximate surface area is 112 Å². The Balaban J connectivity index is -0.0000000150. The topological polar surface area (TPSA) is 63.2 Å². The van der Waals surface area contributed by atoms with Crippen molar-refractivity contribution in [2.24, 2.45) is 0 Å². The molecule has 7 heavy (non-hydrogen) atoms. The maximum absolute atomic E-state index is 8.52. The molecule has 0 amide bonds. The molecule has 0 atom stereocenters. The van der Waals surface area contributed by atoms with Crippen LogP contribution in [-0.2, 0) is 4.46 Å². The van der Waals surface area contributed by atoms with E-state index in [1.54, 1.807) is 0 Å². The zero-order valence-corrected chi connectivity index (χ0v) is 10.7. The summed E-state index contributed by atoms with van der Waals surface area (Å²) in [7, 11) is -3.63. The maximum atomic E-state index is 8.52. The minimum absolute atomic E-state index is 0. The SMILES string of the molecule is O=[Si]([O-])[O-].[Al+3].[K+].[Mg+2]. The van der Waals surface area contributed by atoms with Gasteiger partial charge in [0.1, 0.15) is 0 Å². The molecule has 0 aliphatic heterocycles. The molecule has 3 nitrogen and oxygen atoms in total. The van der Waals surface area contributed by atoms with E-state index in [0.717, 1.165) is 0 Å². The van der Waals surface area contributed by atoms with Crippen LogP contribution in [-0.4, -0.2) is 49.6 Å². The molecule has 0 fully saturated rings. The van der Waals surface area contributed by atoms with E-state index in [-0.39, 0.29) is 91.8 Å². The molecule has 0 N–H and O–H groups in total. The molecule has 0 aromatic rings. The first kappa shape index (κ1) is 22.7. The van der Waals surface area contributed by atoms with Gasteiger partial charge in [0.15, 0.2) is 0 Å². The van der Waals surface area contributed by atoms with E-state index in [9.17, 15) is 0 Å². The first-order valence-corrected chi connectivity index (χ1v) is 1.84. The van der Waals surface area contributed by atoms with E-state index < -0.39 is 9.17 Å². The molecule has 7 heteroatoms. The molecule has 0 heterocycles. The zero-order chi connectivity index (χ0) is 3.58. The van der Waals surface area contributed by atoms with Crippen LogP contribution in [0.15, 0.2) is 0 Å². The van der Waals surface area contributed by atoms with Crippen molar-refractivity contribution >= 4 is 49.6 Å². The van der Waals surface area contributed by atoms with Crippen LogP contribution in [0.4, 0.5) is 0 Å². The second-order valence-electron chi connectivity index (χ2n) is 0.250. The molecular formula is AlKMgO3Si+4. The van der Waals surface area contributed by atoms with Crippen molar-refractivity contribution in [3.8, 4) is 0 Å². The van der Waals surface area contributed by atoms with Gasteiger partial charge in [-0.3, -0.25) is 0 Å². The predicted molar refractivity (Wildman–Crippen MR) is 17.9 cm³/mol. The Kier molecular flexibility index (Phi) is 51.2. The van der Waals surface area contributed by atoms with Crippen LogP contribution >= 0.6 is 0 Å². The van der Waals surface area contributed by atoms with Crippen molar-refractivity contribution in [2.45, 2.75) is 0 Å². The van der Waals surface area contributed by atoms with Gasteiger partial charge in [0.2, 0.25) is 0 Å². The molecule has 24 valence electrons. The molecular weight excluding hydrogens is 166 g/mol. The van der Waals surface area contributed by atoms with Gasteiger partial charge in [0.25, 0.3) is 0 Å². The van der Waals surface area contributed by atoms with Crippen LogP contribution < -0.4 is 61.0 Å². The molecule has 0 saturated heterocycles. The summed E-state index contributed by atoms with van der Waals surface area (Å²) in [6.07, 6.45) is 0. The first-order chi connectivity index (χ1) is 1.73. The quantitative estimate of drug-likeness (QED) is 0.336. The van der Waals surface area contributed by atoms with Crippen molar-refractivity contribution < 1.29 is 65.4 Å². The zero-order valence-electron chi connectivity index (χ0n) is 4.01. The van der Waals surface area contributed by atoms with Gasteiger partial charge in [0.05, 0.1) is 0 Å². The maximum Gasteiger partial charge on any atom is 3.00 e. The Hall–Kier alpha value is 2.55. The van der Waals surface area contributed by atoms with E-state index in [2.05, 4.69) is 0 Å². The summed E-state index contributed by atoms with van der Waals surface area (Å²) in [6.45, 7) is 0. The predicted octanol–water partition coefficient (Wildman–Crippen LogP) is -6.64. The smallest absolute Gasteiger partial charge is 0.672 e. The fraction of sp³-hybridized carbons (Fsp3) is 0. The Morgan fingerprint density at radius 2 is 1.29 bits per heavy atom. The molecule has 0 aliphatic carbocycles. The standard InChI is InChI=1S/Al.K.Mg.O3Si/c;;;1-4(2)3/q+3;+1;+2;-2. The molecule has 0 saturated carbocycles. The third-order valence-corrected chi connectivity index (χ3v) is 0. The summed E-state index contributed by atoms with van der Waals surface area (Å²) in [6, 6.07) is 0. The van der Waals surface area contributed by atoms with Crippen molar-refractivity contribution in [3.05, 3.63) is 0 Å². The fourth-order valence-electron chi connectivity index (χ4n) is 0. The van der Waals surface area contributed by atoms with Crippen LogP contribution in [0.2, 0.25) is 0 Å². The first-order valence-electron chi connectivity index (χ1n) is 0.612. The third-order valence-electron chi connectivity index (χ3n) is 0. The van der Waals surface area contributed by atoms with E-state index in [1.165, 1.54) is 0 Å². The summed E-state index contributed by atoms with van der Waals surface area (Å²) in [5, 5.41) is 0. The molecule has 0 spiro atoms. The van der Waals surface area contributed by atoms with Crippen LogP contribution in [0, 0.1) is 0 Å². The molecule has 0 aromatic carbocycles. The van der Waals surface area contributed by atoms with Crippen molar-refractivity contribution in [1.29, 1.82) is 0 Å². The van der Waals surface area contributed by atoms with Crippen molar-refractivity contribution in [1.82, 2.24) is 0 Å². The molecule has 0 unspecified atom stereocenters. The third kappa shape index (κ3) is 56.4. The Morgan fingerprint density at radius 1 is 1.29 bits per heavy atom. The van der Waals surface area contributed by atoms with Gasteiger partial charge in [0, 0.05) is 9.17 Å². The van der Waals surface area contributed by atoms with E-state index in [0.29, 0.717) is 0 Å². The normalized spacial score (nSPS) is 3.43. The second kappa shape index (κ2) is 15.8. The van der Waals surface area contributed by atoms with E-state index >= 15 is 0 Å². The van der Waals surface area contributed by atoms with Crippen LogP contribution in [0.5, 0.6) is 0 Å². The van der Waals surface area contributed by atoms with E-state index in [1.807, 2.05) is 0 Å². The minimum Gasteiger partial charge on any atom is -0.672 e. The van der Waals surface area contributed by atoms with Crippen molar-refractivity contribution in [3.63, 3.8) is 0 Å². The van der Waals surface area contributed by atoms with Gasteiger partial charge in [-0.15, -0.1) is 0 Å². The minimum atomic E-state index is -3.63. The van der Waals surface area contributed by atoms with Gasteiger partial charge in [-0.1, -0.05) is 0 Å². The van der Waals surface area contributed by atoms with E-state index in [4.69, 9.17) is 14.1 Å². The summed E-state index contributed by atoms with van der Waals surface area (Å²) in [5.41, 5.74) is 0. The Morgan fingerprint density at radius 3 is 1.29 bits per heavy atom. The Bertz CT molecular complexity index is 37.9. The monoisotopic (exact) mass is 166 g/mol. The second-order valence-corrected chi connectivity index (χ2v) is 0.750. The van der Waals surface area contributed by atoms with Gasteiger partial charge in [-0.2, -0.15) is 0 Å². The summed E-state index contributed by atoms with van der Waals surface area (Å²) in [4.78, 5) is 17.0. The van der Waals surface area contributed by atoms with Gasteiger partial charge < -0.3 is 14.1 Å². The summed E-state index contributed by atoms with van der Waals surface area (Å²) in [5.74, 6) is 0. The molecule has 0 bridgehead atoms. The fourth-order valence-corrected chi connectivity index (χ4v) is 0. The molecule has 0 radical (unpaired) electrons. The molecule has 0 aliphatic rings. The van der Waals surface area contributed by atoms with Gasteiger partial charge in [-0.05, 0) is 0 Å². The summed E-state index contributed by atoms with van der Waals surface area (Å²) >= 11 is 0. The average Bonchev–Trinajstić information content (AvgIpc) is 0.811. The molecule has 0 aromatic heterocycles. The number of rotatable bonds is 0. The van der Waals surface area contributed by atoms with Gasteiger partial charge >= 0.3 is 91.8 Å².